The van der Waals surface area contributed by atoms with Crippen molar-refractivity contribution in [1.29, 1.82) is 0 Å². The van der Waals surface area contributed by atoms with Crippen LogP contribution >= 0.6 is 0 Å². The molecule has 5 atom stereocenters. The Morgan fingerprint density at radius 2 is 1.92 bits per heavy atom. The summed E-state index contributed by atoms with van der Waals surface area (Å²) < 4.78 is 7.28. The zero-order valence-corrected chi connectivity index (χ0v) is 23.3. The molecule has 2 aromatic rings. The molecule has 204 valence electrons. The molecule has 2 bridgehead atoms. The lowest BCUT2D eigenvalue weighted by atomic mass is 9.73. The van der Waals surface area contributed by atoms with Gasteiger partial charge in [-0.25, -0.2) is 4.79 Å². The fraction of sp³-hybridized carbons (Fsp3) is 0.545. The van der Waals surface area contributed by atoms with Crippen LogP contribution in [0, 0.1) is 5.92 Å². The van der Waals surface area contributed by atoms with Gasteiger partial charge in [0, 0.05) is 30.2 Å². The van der Waals surface area contributed by atoms with Gasteiger partial charge < -0.3 is 10.1 Å². The van der Waals surface area contributed by atoms with E-state index < -0.39 is 5.54 Å². The topological polar surface area (TPSA) is 71.5 Å². The van der Waals surface area contributed by atoms with E-state index in [4.69, 9.17) is 4.74 Å². The number of benzene rings is 1. The summed E-state index contributed by atoms with van der Waals surface area (Å²) in [5.41, 5.74) is 2.68. The Kier molecular flexibility index (Phi) is 5.61. The number of carbonyl (C=O) groups is 2. The number of fused-ring (bicyclic) bond motifs is 1. The molecule has 4 heterocycles. The maximum Gasteiger partial charge on any atom is 0.325 e. The van der Waals surface area contributed by atoms with Gasteiger partial charge in [0.25, 0.3) is 5.91 Å². The molecule has 39 heavy (non-hydrogen) atoms. The quantitative estimate of drug-likeness (QED) is 0.451. The number of carbonyl (C=O) groups excluding carboxylic acids is 2. The van der Waals surface area contributed by atoms with Crippen molar-refractivity contribution in [3.05, 3.63) is 65.5 Å². The number of nitrogens with one attached hydrogen (secondary N) is 1. The van der Waals surface area contributed by atoms with Crippen molar-refractivity contribution in [3.8, 4) is 0 Å². The van der Waals surface area contributed by atoms with Gasteiger partial charge in [0.2, 0.25) is 0 Å². The van der Waals surface area contributed by atoms with E-state index in [2.05, 4.69) is 53.6 Å². The van der Waals surface area contributed by atoms with Crippen LogP contribution in [-0.2, 0) is 9.53 Å². The van der Waals surface area contributed by atoms with Gasteiger partial charge in [-0.1, -0.05) is 31.2 Å². The second-order valence-corrected chi connectivity index (χ2v) is 13.2. The van der Waals surface area contributed by atoms with Crippen LogP contribution in [-0.4, -0.2) is 44.6 Å². The average Bonchev–Trinajstić information content (AvgIpc) is 3.37. The summed E-state index contributed by atoms with van der Waals surface area (Å²) in [4.78, 5) is 31.7. The highest BCUT2D eigenvalue weighted by molar-refractivity contribution is 6.06. The number of nitrogens with zero attached hydrogens (tertiary/aromatic N) is 2. The SMILES string of the molecule is CC1CCC(c2ccc3ccncc3c2)CCC=C2C=C3CCC(N4C(=O)NC(C)(C)C4=O)CC34CCC21O4. The summed E-state index contributed by atoms with van der Waals surface area (Å²) in [6.07, 6.45) is 17.5. The van der Waals surface area contributed by atoms with Crippen molar-refractivity contribution in [2.24, 2.45) is 5.92 Å². The van der Waals surface area contributed by atoms with Crippen molar-refractivity contribution in [1.82, 2.24) is 15.2 Å². The molecule has 3 fully saturated rings. The molecule has 3 amide bonds. The maximum absolute atomic E-state index is 13.1. The molecule has 6 heteroatoms. The third kappa shape index (κ3) is 3.81. The second kappa shape index (κ2) is 8.76. The maximum atomic E-state index is 13.1. The highest BCUT2D eigenvalue weighted by atomic mass is 16.5. The summed E-state index contributed by atoms with van der Waals surface area (Å²) in [6, 6.07) is 8.59. The highest BCUT2D eigenvalue weighted by Crippen LogP contribution is 2.59. The van der Waals surface area contributed by atoms with Crippen LogP contribution < -0.4 is 5.32 Å². The second-order valence-electron chi connectivity index (χ2n) is 13.2. The van der Waals surface area contributed by atoms with Gasteiger partial charge in [0.15, 0.2) is 0 Å². The standard InChI is InChI=1S/C33H39N3O3/c1-21-7-8-22(24-10-9-23-13-16-34-20-25(23)17-24)5-4-6-27-18-26-11-12-28(19-32(26)14-15-33(21,27)39-32)36-29(37)31(2,3)35-30(36)38/h6,9-10,13,16-18,20-22,28H,4-5,7-8,11-12,14-15,19H2,1-3H3,(H,35,38). The molecule has 1 aromatic heterocycles. The van der Waals surface area contributed by atoms with Gasteiger partial charge in [0.05, 0.1) is 11.2 Å². The first-order chi connectivity index (χ1) is 18.7. The van der Waals surface area contributed by atoms with Crippen LogP contribution in [0.5, 0.6) is 0 Å². The van der Waals surface area contributed by atoms with E-state index in [1.165, 1.54) is 32.4 Å². The molecule has 2 spiro atoms. The Morgan fingerprint density at radius 3 is 2.74 bits per heavy atom. The lowest BCUT2D eigenvalue weighted by molar-refractivity contribution is -0.137. The lowest BCUT2D eigenvalue weighted by Gasteiger charge is -2.49. The van der Waals surface area contributed by atoms with Gasteiger partial charge in [0.1, 0.15) is 5.54 Å². The lowest BCUT2D eigenvalue weighted by Crippen LogP contribution is -2.53. The summed E-state index contributed by atoms with van der Waals surface area (Å²) in [5.74, 6) is 0.791. The number of hydrogen-bond acceptors (Lipinski definition) is 4. The molecule has 5 unspecified atom stereocenters. The van der Waals surface area contributed by atoms with Crippen LogP contribution in [0.1, 0.15) is 90.0 Å². The number of pyridine rings is 1. The molecule has 0 radical (unpaired) electrons. The Morgan fingerprint density at radius 1 is 1.05 bits per heavy atom. The number of hydrogen-bond donors (Lipinski definition) is 1. The number of ether oxygens (including phenoxy) is 1. The van der Waals surface area contributed by atoms with E-state index in [1.54, 1.807) is 13.8 Å². The molecular weight excluding hydrogens is 486 g/mol. The zero-order chi connectivity index (χ0) is 27.0. The number of aromatic nitrogens is 1. The van der Waals surface area contributed by atoms with Crippen molar-refractivity contribution >= 4 is 22.7 Å². The van der Waals surface area contributed by atoms with Crippen LogP contribution in [0.2, 0.25) is 0 Å². The van der Waals surface area contributed by atoms with E-state index in [0.29, 0.717) is 18.3 Å². The molecule has 5 aliphatic rings. The van der Waals surface area contributed by atoms with Crippen molar-refractivity contribution in [3.63, 3.8) is 0 Å². The Hall–Kier alpha value is -2.99. The minimum absolute atomic E-state index is 0.114. The van der Waals surface area contributed by atoms with Gasteiger partial charge in [-0.2, -0.15) is 0 Å². The first kappa shape index (κ1) is 25.0. The van der Waals surface area contributed by atoms with Crippen LogP contribution in [0.15, 0.2) is 60.0 Å². The van der Waals surface area contributed by atoms with Crippen molar-refractivity contribution in [2.75, 3.05) is 0 Å². The van der Waals surface area contributed by atoms with Crippen molar-refractivity contribution in [2.45, 2.75) is 107 Å². The number of urea groups is 1. The minimum Gasteiger partial charge on any atom is -0.359 e. The zero-order valence-electron chi connectivity index (χ0n) is 23.3. The van der Waals surface area contributed by atoms with E-state index >= 15 is 0 Å². The molecule has 1 N–H and O–H groups in total. The number of amides is 3. The van der Waals surface area contributed by atoms with Crippen LogP contribution in [0.25, 0.3) is 10.8 Å². The van der Waals surface area contributed by atoms with E-state index in [0.717, 1.165) is 51.4 Å². The predicted octanol–water partition coefficient (Wildman–Crippen LogP) is 6.57. The number of allylic oxidation sites excluding steroid dienone is 1. The smallest absolute Gasteiger partial charge is 0.325 e. The number of imide groups is 1. The fourth-order valence-electron chi connectivity index (χ4n) is 8.24. The molecule has 6 nitrogen and oxygen atoms in total. The van der Waals surface area contributed by atoms with Crippen LogP contribution in [0.4, 0.5) is 4.79 Å². The first-order valence-corrected chi connectivity index (χ1v) is 14.8. The summed E-state index contributed by atoms with van der Waals surface area (Å²) in [6.45, 7) is 5.96. The van der Waals surface area contributed by atoms with Gasteiger partial charge in [-0.05, 0) is 111 Å². The largest absolute Gasteiger partial charge is 0.359 e. The molecule has 7 rings (SSSR count). The minimum atomic E-state index is -0.838. The molecule has 3 aliphatic heterocycles. The summed E-state index contributed by atoms with van der Waals surface area (Å²) >= 11 is 0. The fourth-order valence-corrected chi connectivity index (χ4v) is 8.24. The Labute approximate surface area is 230 Å². The average molecular weight is 526 g/mol. The van der Waals surface area contributed by atoms with E-state index in [9.17, 15) is 9.59 Å². The van der Waals surface area contributed by atoms with E-state index in [1.807, 2.05) is 12.4 Å². The summed E-state index contributed by atoms with van der Waals surface area (Å²) in [5, 5.41) is 5.33. The third-order valence-electron chi connectivity index (χ3n) is 10.5. The number of rotatable bonds is 2. The highest BCUT2D eigenvalue weighted by Gasteiger charge is 2.60. The van der Waals surface area contributed by atoms with Gasteiger partial charge in [-0.3, -0.25) is 14.7 Å². The molecular formula is C33H39N3O3. The van der Waals surface area contributed by atoms with Gasteiger partial charge in [-0.15, -0.1) is 0 Å². The normalized spacial score (nSPS) is 35.8. The van der Waals surface area contributed by atoms with Crippen LogP contribution in [0.3, 0.4) is 0 Å². The first-order valence-electron chi connectivity index (χ1n) is 14.8. The molecule has 1 saturated carbocycles. The molecule has 2 saturated heterocycles. The Bertz CT molecular complexity index is 1430. The molecule has 2 aliphatic carbocycles. The monoisotopic (exact) mass is 525 g/mol. The van der Waals surface area contributed by atoms with E-state index in [-0.39, 0.29) is 29.2 Å². The predicted molar refractivity (Wildman–Crippen MR) is 151 cm³/mol. The van der Waals surface area contributed by atoms with Crippen molar-refractivity contribution < 1.29 is 14.3 Å². The Balaban J connectivity index is 1.15. The third-order valence-corrected chi connectivity index (χ3v) is 10.5. The summed E-state index contributed by atoms with van der Waals surface area (Å²) in [7, 11) is 0. The van der Waals surface area contributed by atoms with Gasteiger partial charge >= 0.3 is 6.03 Å². The molecule has 1 aromatic carbocycles.